The Hall–Kier alpha value is -0.800. The molecule has 3 nitrogen and oxygen atoms in total. The van der Waals surface area contributed by atoms with Gasteiger partial charge in [0.2, 0.25) is 0 Å². The van der Waals surface area contributed by atoms with E-state index in [0.29, 0.717) is 12.5 Å². The maximum atomic E-state index is 11.5. The smallest absolute Gasteiger partial charge is 0.250 e. The first-order chi connectivity index (χ1) is 8.69. The van der Waals surface area contributed by atoms with E-state index >= 15 is 0 Å². The van der Waals surface area contributed by atoms with Crippen molar-refractivity contribution < 1.29 is 0 Å². The number of halogens is 1. The molecule has 0 radical (unpaired) electrons. The molecule has 1 unspecified atom stereocenters. The summed E-state index contributed by atoms with van der Waals surface area (Å²) in [5, 5.41) is 3.49. The Morgan fingerprint density at radius 1 is 1.33 bits per heavy atom. The molecule has 0 amide bonds. The third kappa shape index (κ3) is 4.83. The normalized spacial score (nSPS) is 12.9. The predicted molar refractivity (Wildman–Crippen MR) is 77.3 cm³/mol. The van der Waals surface area contributed by atoms with Gasteiger partial charge in [0, 0.05) is 37.3 Å². The van der Waals surface area contributed by atoms with Gasteiger partial charge in [-0.25, -0.2) is 0 Å². The number of nitrogens with one attached hydrogen (secondary N) is 1. The van der Waals surface area contributed by atoms with Crippen LogP contribution >= 0.6 is 11.6 Å². The Labute approximate surface area is 114 Å². The van der Waals surface area contributed by atoms with Crippen molar-refractivity contribution in [2.75, 3.05) is 13.1 Å². The Balaban J connectivity index is 2.27. The van der Waals surface area contributed by atoms with Crippen LogP contribution in [0, 0.1) is 5.92 Å². The van der Waals surface area contributed by atoms with Gasteiger partial charge in [-0.15, -0.1) is 11.6 Å². The van der Waals surface area contributed by atoms with Gasteiger partial charge in [-0.1, -0.05) is 32.8 Å². The Morgan fingerprint density at radius 3 is 2.67 bits per heavy atom. The van der Waals surface area contributed by atoms with E-state index < -0.39 is 0 Å². The monoisotopic (exact) mass is 270 g/mol. The summed E-state index contributed by atoms with van der Waals surface area (Å²) in [6.07, 6.45) is 4.04. The second-order valence-electron chi connectivity index (χ2n) is 4.53. The van der Waals surface area contributed by atoms with E-state index in [9.17, 15) is 4.79 Å². The number of pyridine rings is 1. The van der Waals surface area contributed by atoms with Crippen molar-refractivity contribution in [1.29, 1.82) is 0 Å². The van der Waals surface area contributed by atoms with Gasteiger partial charge >= 0.3 is 0 Å². The Kier molecular flexibility index (Phi) is 7.06. The average molecular weight is 271 g/mol. The van der Waals surface area contributed by atoms with Crippen LogP contribution in [0.2, 0.25) is 0 Å². The van der Waals surface area contributed by atoms with E-state index in [1.807, 2.05) is 12.3 Å². The molecule has 18 heavy (non-hydrogen) atoms. The molecule has 0 bridgehead atoms. The number of hydrogen-bond acceptors (Lipinski definition) is 2. The van der Waals surface area contributed by atoms with Crippen molar-refractivity contribution in [2.24, 2.45) is 5.92 Å². The molecular weight excluding hydrogens is 248 g/mol. The van der Waals surface area contributed by atoms with Crippen LogP contribution in [-0.4, -0.2) is 23.0 Å². The van der Waals surface area contributed by atoms with Crippen LogP contribution in [0.1, 0.15) is 26.7 Å². The summed E-state index contributed by atoms with van der Waals surface area (Å²) in [7, 11) is 0. The van der Waals surface area contributed by atoms with Gasteiger partial charge in [-0.3, -0.25) is 4.79 Å². The fourth-order valence-corrected chi connectivity index (χ4v) is 2.52. The lowest BCUT2D eigenvalue weighted by Crippen LogP contribution is -2.32. The predicted octanol–water partition coefficient (Wildman–Crippen LogP) is 2.48. The van der Waals surface area contributed by atoms with Crippen LogP contribution in [0.5, 0.6) is 0 Å². The van der Waals surface area contributed by atoms with E-state index in [1.54, 1.807) is 16.7 Å². The molecule has 0 fully saturated rings. The van der Waals surface area contributed by atoms with Crippen molar-refractivity contribution >= 4 is 11.6 Å². The zero-order chi connectivity index (χ0) is 13.4. The molecule has 102 valence electrons. The van der Waals surface area contributed by atoms with Crippen molar-refractivity contribution in [2.45, 2.75) is 38.6 Å². The van der Waals surface area contributed by atoms with E-state index in [4.69, 9.17) is 11.6 Å². The fraction of sp³-hybridized carbons (Fsp3) is 0.643. The zero-order valence-corrected chi connectivity index (χ0v) is 12.0. The molecule has 0 aliphatic heterocycles. The van der Waals surface area contributed by atoms with E-state index in [-0.39, 0.29) is 10.9 Å². The standard InChI is InChI=1S/C14H23ClN2O/c1-3-12(4-2)13(15)11-16-8-10-17-9-6-5-7-14(17)18/h5-7,9,12-13,16H,3-4,8,10-11H2,1-2H3. The molecule has 0 aliphatic rings. The summed E-state index contributed by atoms with van der Waals surface area (Å²) in [6.45, 7) is 6.61. The van der Waals surface area contributed by atoms with Gasteiger partial charge in [0.05, 0.1) is 0 Å². The van der Waals surface area contributed by atoms with Crippen molar-refractivity contribution in [3.63, 3.8) is 0 Å². The van der Waals surface area contributed by atoms with Crippen LogP contribution < -0.4 is 10.9 Å². The number of aromatic nitrogens is 1. The van der Waals surface area contributed by atoms with E-state index in [2.05, 4.69) is 19.2 Å². The zero-order valence-electron chi connectivity index (χ0n) is 11.2. The molecule has 0 spiro atoms. The van der Waals surface area contributed by atoms with Crippen molar-refractivity contribution in [1.82, 2.24) is 9.88 Å². The summed E-state index contributed by atoms with van der Waals surface area (Å²) >= 11 is 6.33. The van der Waals surface area contributed by atoms with Gasteiger partial charge in [-0.05, 0) is 12.0 Å². The largest absolute Gasteiger partial charge is 0.314 e. The molecule has 1 aromatic heterocycles. The topological polar surface area (TPSA) is 34.0 Å². The molecule has 1 rings (SSSR count). The molecule has 1 heterocycles. The second kappa shape index (κ2) is 8.33. The lowest BCUT2D eigenvalue weighted by Gasteiger charge is -2.19. The Bertz CT molecular complexity index is 387. The van der Waals surface area contributed by atoms with Crippen molar-refractivity contribution in [3.8, 4) is 0 Å². The first-order valence-corrected chi connectivity index (χ1v) is 7.12. The van der Waals surface area contributed by atoms with Crippen LogP contribution in [0.15, 0.2) is 29.2 Å². The summed E-state index contributed by atoms with van der Waals surface area (Å²) in [5.74, 6) is 0.568. The minimum atomic E-state index is 0.0433. The van der Waals surface area contributed by atoms with Gasteiger partial charge in [0.1, 0.15) is 0 Å². The summed E-state index contributed by atoms with van der Waals surface area (Å²) in [4.78, 5) is 11.5. The minimum Gasteiger partial charge on any atom is -0.314 e. The molecule has 0 aliphatic carbocycles. The summed E-state index contributed by atoms with van der Waals surface area (Å²) in [5.41, 5.74) is 0.0433. The minimum absolute atomic E-state index is 0.0433. The second-order valence-corrected chi connectivity index (χ2v) is 5.09. The number of nitrogens with zero attached hydrogens (tertiary/aromatic N) is 1. The highest BCUT2D eigenvalue weighted by molar-refractivity contribution is 6.21. The summed E-state index contributed by atoms with van der Waals surface area (Å²) < 4.78 is 1.70. The highest BCUT2D eigenvalue weighted by atomic mass is 35.5. The van der Waals surface area contributed by atoms with Gasteiger partial charge in [0.25, 0.3) is 5.56 Å². The van der Waals surface area contributed by atoms with Gasteiger partial charge < -0.3 is 9.88 Å². The molecule has 1 atom stereocenters. The van der Waals surface area contributed by atoms with Gasteiger partial charge in [-0.2, -0.15) is 0 Å². The third-order valence-corrected chi connectivity index (χ3v) is 3.84. The Morgan fingerprint density at radius 2 is 2.06 bits per heavy atom. The highest BCUT2D eigenvalue weighted by Crippen LogP contribution is 2.17. The summed E-state index contributed by atoms with van der Waals surface area (Å²) in [6, 6.07) is 5.21. The maximum Gasteiger partial charge on any atom is 0.250 e. The molecule has 1 N–H and O–H groups in total. The van der Waals surface area contributed by atoms with Crippen molar-refractivity contribution in [3.05, 3.63) is 34.7 Å². The molecule has 0 aromatic carbocycles. The molecule has 0 saturated carbocycles. The van der Waals surface area contributed by atoms with Crippen LogP contribution in [0.4, 0.5) is 0 Å². The average Bonchev–Trinajstić information content (AvgIpc) is 2.38. The highest BCUT2D eigenvalue weighted by Gasteiger charge is 2.14. The fourth-order valence-electron chi connectivity index (χ4n) is 2.05. The van der Waals surface area contributed by atoms with E-state index in [1.165, 1.54) is 0 Å². The SMILES string of the molecule is CCC(CC)C(Cl)CNCCn1ccccc1=O. The molecule has 1 aromatic rings. The molecular formula is C14H23ClN2O. The molecule has 4 heteroatoms. The maximum absolute atomic E-state index is 11.5. The number of rotatable bonds is 8. The number of alkyl halides is 1. The van der Waals surface area contributed by atoms with Crippen LogP contribution in [-0.2, 0) is 6.54 Å². The third-order valence-electron chi connectivity index (χ3n) is 3.33. The quantitative estimate of drug-likeness (QED) is 0.582. The first-order valence-electron chi connectivity index (χ1n) is 6.69. The van der Waals surface area contributed by atoms with Gasteiger partial charge in [0.15, 0.2) is 0 Å². The number of hydrogen-bond donors (Lipinski definition) is 1. The lowest BCUT2D eigenvalue weighted by molar-refractivity contribution is 0.441. The van der Waals surface area contributed by atoms with Crippen LogP contribution in [0.3, 0.4) is 0 Å². The van der Waals surface area contributed by atoms with E-state index in [0.717, 1.165) is 25.9 Å². The van der Waals surface area contributed by atoms with Crippen LogP contribution in [0.25, 0.3) is 0 Å². The molecule has 0 saturated heterocycles. The first kappa shape index (κ1) is 15.3. The lowest BCUT2D eigenvalue weighted by atomic mass is 9.99.